The van der Waals surface area contributed by atoms with Crippen LogP contribution in [-0.4, -0.2) is 26.4 Å². The van der Waals surface area contributed by atoms with Crippen molar-refractivity contribution < 1.29 is 9.21 Å². The van der Waals surface area contributed by atoms with E-state index in [9.17, 15) is 4.79 Å². The fraction of sp³-hybridized carbons (Fsp3) is 0.350. The van der Waals surface area contributed by atoms with E-state index in [1.54, 1.807) is 6.26 Å². The highest BCUT2D eigenvalue weighted by Gasteiger charge is 2.19. The molecule has 1 N–H and O–H groups in total. The van der Waals surface area contributed by atoms with E-state index in [1.165, 1.54) is 11.8 Å². The normalized spacial score (nSPS) is 11.1. The molecule has 0 aliphatic heterocycles. The van der Waals surface area contributed by atoms with E-state index in [1.807, 2.05) is 41.8 Å². The van der Waals surface area contributed by atoms with Gasteiger partial charge in [0.15, 0.2) is 10.9 Å². The van der Waals surface area contributed by atoms with Crippen molar-refractivity contribution in [3.63, 3.8) is 0 Å². The Labute approximate surface area is 163 Å². The van der Waals surface area contributed by atoms with Gasteiger partial charge in [0.1, 0.15) is 0 Å². The summed E-state index contributed by atoms with van der Waals surface area (Å²) in [5.74, 6) is 1.55. The molecule has 142 valence electrons. The third-order valence-electron chi connectivity index (χ3n) is 4.26. The van der Waals surface area contributed by atoms with Crippen molar-refractivity contribution in [2.45, 2.75) is 45.3 Å². The van der Waals surface area contributed by atoms with Crippen LogP contribution in [0.25, 0.3) is 11.6 Å². The maximum absolute atomic E-state index is 12.5. The highest BCUT2D eigenvalue weighted by Crippen LogP contribution is 2.28. The lowest BCUT2D eigenvalue weighted by Gasteiger charge is -2.14. The fourth-order valence-electron chi connectivity index (χ4n) is 2.92. The number of benzene rings is 1. The topological polar surface area (TPSA) is 73.0 Å². The van der Waals surface area contributed by atoms with Gasteiger partial charge in [-0.25, -0.2) is 0 Å². The maximum Gasteiger partial charge on any atom is 0.234 e. The van der Waals surface area contributed by atoms with Crippen molar-refractivity contribution in [2.75, 3.05) is 11.1 Å². The smallest absolute Gasteiger partial charge is 0.234 e. The summed E-state index contributed by atoms with van der Waals surface area (Å²) in [4.78, 5) is 12.5. The molecular formula is C20H24N4O2S. The molecule has 0 bridgehead atoms. The zero-order valence-electron chi connectivity index (χ0n) is 16.0. The van der Waals surface area contributed by atoms with E-state index < -0.39 is 0 Å². The molecule has 0 saturated carbocycles. The number of hydrogen-bond acceptors (Lipinski definition) is 5. The highest BCUT2D eigenvalue weighted by molar-refractivity contribution is 7.99. The number of aromatic nitrogens is 3. The number of rotatable bonds is 7. The molecule has 3 aromatic rings. The van der Waals surface area contributed by atoms with Crippen LogP contribution in [0.5, 0.6) is 0 Å². The molecule has 0 spiro atoms. The van der Waals surface area contributed by atoms with Crippen LogP contribution in [0.15, 0.2) is 46.2 Å². The number of nitrogens with zero attached hydrogens (tertiary/aromatic N) is 3. The molecule has 1 amide bonds. The van der Waals surface area contributed by atoms with Gasteiger partial charge in [-0.15, -0.1) is 10.2 Å². The van der Waals surface area contributed by atoms with Crippen LogP contribution in [0.1, 0.15) is 37.9 Å². The molecule has 0 aliphatic carbocycles. The van der Waals surface area contributed by atoms with Crippen LogP contribution in [0.3, 0.4) is 0 Å². The first kappa shape index (κ1) is 19.2. The number of carbonyl (C=O) groups is 1. The van der Waals surface area contributed by atoms with Crippen LogP contribution in [0.2, 0.25) is 0 Å². The van der Waals surface area contributed by atoms with Crippen LogP contribution in [0, 0.1) is 6.92 Å². The highest BCUT2D eigenvalue weighted by atomic mass is 32.2. The molecule has 27 heavy (non-hydrogen) atoms. The van der Waals surface area contributed by atoms with Gasteiger partial charge in [0.05, 0.1) is 12.0 Å². The first-order valence-corrected chi connectivity index (χ1v) is 9.99. The number of para-hydroxylation sites is 1. The molecule has 0 saturated heterocycles. The molecule has 0 aliphatic rings. The third-order valence-corrected chi connectivity index (χ3v) is 5.20. The van der Waals surface area contributed by atoms with Crippen molar-refractivity contribution in [1.29, 1.82) is 0 Å². The average molecular weight is 385 g/mol. The first-order valence-electron chi connectivity index (χ1n) is 9.01. The van der Waals surface area contributed by atoms with E-state index in [0.29, 0.717) is 16.7 Å². The summed E-state index contributed by atoms with van der Waals surface area (Å²) in [6, 6.07) is 9.89. The van der Waals surface area contributed by atoms with Crippen LogP contribution < -0.4 is 5.32 Å². The maximum atomic E-state index is 12.5. The van der Waals surface area contributed by atoms with Crippen molar-refractivity contribution in [3.05, 3.63) is 47.7 Å². The van der Waals surface area contributed by atoms with E-state index in [4.69, 9.17) is 4.42 Å². The summed E-state index contributed by atoms with van der Waals surface area (Å²) in [5.41, 5.74) is 3.11. The SMILES string of the molecule is CCc1cccc(C)c1NC(=O)CSc1nnc(-c2ccco2)n1C(C)C. The monoisotopic (exact) mass is 384 g/mol. The fourth-order valence-corrected chi connectivity index (χ4v) is 3.79. The second-order valence-electron chi connectivity index (χ2n) is 6.55. The number of nitrogens with one attached hydrogen (secondary N) is 1. The molecule has 0 atom stereocenters. The van der Waals surface area contributed by atoms with E-state index in [-0.39, 0.29) is 17.7 Å². The summed E-state index contributed by atoms with van der Waals surface area (Å²) < 4.78 is 7.44. The Morgan fingerprint density at radius 3 is 2.74 bits per heavy atom. The lowest BCUT2D eigenvalue weighted by Crippen LogP contribution is -2.17. The molecule has 2 aromatic heterocycles. The van der Waals surface area contributed by atoms with Crippen LogP contribution >= 0.6 is 11.8 Å². The molecule has 0 radical (unpaired) electrons. The minimum Gasteiger partial charge on any atom is -0.461 e. The Morgan fingerprint density at radius 2 is 2.07 bits per heavy atom. The summed E-state index contributed by atoms with van der Waals surface area (Å²) in [5, 5.41) is 12.3. The summed E-state index contributed by atoms with van der Waals surface area (Å²) in [6.07, 6.45) is 2.49. The minimum atomic E-state index is -0.0538. The van der Waals surface area contributed by atoms with E-state index in [2.05, 4.69) is 36.3 Å². The largest absolute Gasteiger partial charge is 0.461 e. The molecule has 2 heterocycles. The number of anilines is 1. The number of aryl methyl sites for hydroxylation is 2. The van der Waals surface area contributed by atoms with Gasteiger partial charge in [0.25, 0.3) is 0 Å². The van der Waals surface area contributed by atoms with Gasteiger partial charge in [0, 0.05) is 11.7 Å². The number of carbonyl (C=O) groups excluding carboxylic acids is 1. The van der Waals surface area contributed by atoms with Crippen LogP contribution in [0.4, 0.5) is 5.69 Å². The van der Waals surface area contributed by atoms with Gasteiger partial charge in [-0.1, -0.05) is 36.9 Å². The van der Waals surface area contributed by atoms with E-state index >= 15 is 0 Å². The second kappa shape index (κ2) is 8.43. The Balaban J connectivity index is 1.73. The van der Waals surface area contributed by atoms with Crippen molar-refractivity contribution in [3.8, 4) is 11.6 Å². The quantitative estimate of drug-likeness (QED) is 0.597. The average Bonchev–Trinajstić information content (AvgIpc) is 3.30. The number of thioether (sulfide) groups is 1. The molecule has 6 nitrogen and oxygen atoms in total. The van der Waals surface area contributed by atoms with Crippen LogP contribution in [-0.2, 0) is 11.2 Å². The van der Waals surface area contributed by atoms with Crippen molar-refractivity contribution in [1.82, 2.24) is 14.8 Å². The van der Waals surface area contributed by atoms with Crippen molar-refractivity contribution >= 4 is 23.4 Å². The number of hydrogen-bond donors (Lipinski definition) is 1. The van der Waals surface area contributed by atoms with Gasteiger partial charge in [0.2, 0.25) is 11.7 Å². The Bertz CT molecular complexity index is 916. The Kier molecular flexibility index (Phi) is 6.01. The predicted octanol–water partition coefficient (Wildman–Crippen LogP) is 4.72. The van der Waals surface area contributed by atoms with Gasteiger partial charge in [-0.2, -0.15) is 0 Å². The Hall–Kier alpha value is -2.54. The zero-order valence-corrected chi connectivity index (χ0v) is 16.8. The summed E-state index contributed by atoms with van der Waals surface area (Å²) in [7, 11) is 0. The summed E-state index contributed by atoms with van der Waals surface area (Å²) in [6.45, 7) is 8.20. The lowest BCUT2D eigenvalue weighted by atomic mass is 10.1. The van der Waals surface area contributed by atoms with Gasteiger partial charge in [-0.3, -0.25) is 9.36 Å². The molecule has 0 unspecified atom stereocenters. The molecule has 7 heteroatoms. The standard InChI is InChI=1S/C20H24N4O2S/c1-5-15-9-6-8-14(4)18(15)21-17(25)12-27-20-23-22-19(24(20)13(2)3)16-10-7-11-26-16/h6-11,13H,5,12H2,1-4H3,(H,21,25). The second-order valence-corrected chi connectivity index (χ2v) is 7.49. The van der Waals surface area contributed by atoms with Gasteiger partial charge in [-0.05, 0) is 50.5 Å². The third kappa shape index (κ3) is 4.24. The molecule has 3 rings (SSSR count). The molecular weight excluding hydrogens is 360 g/mol. The summed E-state index contributed by atoms with van der Waals surface area (Å²) >= 11 is 1.38. The zero-order chi connectivity index (χ0) is 19.4. The lowest BCUT2D eigenvalue weighted by molar-refractivity contribution is -0.113. The molecule has 0 fully saturated rings. The number of amides is 1. The van der Waals surface area contributed by atoms with Gasteiger partial charge < -0.3 is 9.73 Å². The first-order chi connectivity index (χ1) is 13.0. The molecule has 1 aromatic carbocycles. The van der Waals surface area contributed by atoms with Gasteiger partial charge >= 0.3 is 0 Å². The Morgan fingerprint density at radius 1 is 1.26 bits per heavy atom. The minimum absolute atomic E-state index is 0.0538. The van der Waals surface area contributed by atoms with Crippen molar-refractivity contribution in [2.24, 2.45) is 0 Å². The number of furan rings is 1. The van der Waals surface area contributed by atoms with E-state index in [0.717, 1.165) is 23.2 Å². The predicted molar refractivity (Wildman–Crippen MR) is 108 cm³/mol.